The van der Waals surface area contributed by atoms with E-state index in [1.807, 2.05) is 0 Å². The molecule has 0 aliphatic rings. The first-order valence-electron chi connectivity index (χ1n) is 19.9. The lowest BCUT2D eigenvalue weighted by atomic mass is 9.96. The monoisotopic (exact) mass is 748 g/mol. The number of rotatable bonds is 6. The smallest absolute Gasteiger partial charge is 0.138 e. The molecule has 0 unspecified atom stereocenters. The van der Waals surface area contributed by atoms with Crippen LogP contribution in [0.1, 0.15) is 22.3 Å². The Morgan fingerprint density at radius 3 is 0.897 bits per heavy atom. The standard InChI is InChI=1S/C54H40N2O2/c1-33-13-21-37(22-14-33)55(38-23-15-34(2)16-24-38)45-31-49-51(43-11-7-5-9-41(43)45)53-47(57-49)29-30-48-54(53)52-44-12-8-6-10-42(44)46(32-50(52)58-48)56(39-25-17-35(3)18-26-39)40-27-19-36(4)20-28-40/h5-32H,1-4H3. The molecule has 2 heterocycles. The van der Waals surface area contributed by atoms with Gasteiger partial charge < -0.3 is 18.6 Å². The Balaban J connectivity index is 1.21. The van der Waals surface area contributed by atoms with Crippen molar-refractivity contribution in [3.05, 3.63) is 192 Å². The van der Waals surface area contributed by atoms with E-state index < -0.39 is 0 Å². The first kappa shape index (κ1) is 34.0. The summed E-state index contributed by atoms with van der Waals surface area (Å²) in [5.74, 6) is 0. The van der Waals surface area contributed by atoms with Crippen LogP contribution in [0, 0.1) is 27.7 Å². The van der Waals surface area contributed by atoms with Gasteiger partial charge in [-0.25, -0.2) is 0 Å². The topological polar surface area (TPSA) is 32.8 Å². The number of fused-ring (bicyclic) bond motifs is 11. The minimum absolute atomic E-state index is 0.832. The van der Waals surface area contributed by atoms with E-state index in [1.54, 1.807) is 0 Å². The average Bonchev–Trinajstić information content (AvgIpc) is 3.82. The second-order valence-corrected chi connectivity index (χ2v) is 15.7. The average molecular weight is 749 g/mol. The van der Waals surface area contributed by atoms with Gasteiger partial charge in [0.05, 0.1) is 11.4 Å². The molecule has 0 aliphatic heterocycles. The van der Waals surface area contributed by atoms with E-state index in [0.29, 0.717) is 0 Å². The van der Waals surface area contributed by atoms with E-state index in [2.05, 4.69) is 207 Å². The molecule has 0 saturated heterocycles. The highest BCUT2D eigenvalue weighted by Gasteiger charge is 2.25. The molecule has 4 heteroatoms. The molecule has 11 aromatic rings. The van der Waals surface area contributed by atoms with Crippen molar-refractivity contribution < 1.29 is 8.83 Å². The highest BCUT2D eigenvalue weighted by Crippen LogP contribution is 2.50. The van der Waals surface area contributed by atoms with Gasteiger partial charge in [-0.15, -0.1) is 0 Å². The van der Waals surface area contributed by atoms with Crippen LogP contribution < -0.4 is 9.80 Å². The second kappa shape index (κ2) is 13.1. The lowest BCUT2D eigenvalue weighted by molar-refractivity contribution is 0.663. The molecule has 0 N–H and O–H groups in total. The summed E-state index contributed by atoms with van der Waals surface area (Å²) in [6.07, 6.45) is 0. The summed E-state index contributed by atoms with van der Waals surface area (Å²) in [5, 5.41) is 8.85. The molecule has 0 amide bonds. The fraction of sp³-hybridized carbons (Fsp3) is 0.0741. The summed E-state index contributed by atoms with van der Waals surface area (Å²) in [5.41, 5.74) is 14.7. The minimum Gasteiger partial charge on any atom is -0.456 e. The molecule has 58 heavy (non-hydrogen) atoms. The zero-order chi connectivity index (χ0) is 39.1. The van der Waals surface area contributed by atoms with Crippen LogP contribution in [0.4, 0.5) is 34.1 Å². The van der Waals surface area contributed by atoms with Gasteiger partial charge in [0, 0.05) is 67.2 Å². The van der Waals surface area contributed by atoms with Gasteiger partial charge in [0.15, 0.2) is 0 Å². The number of aryl methyl sites for hydroxylation is 4. The molecule has 9 aromatic carbocycles. The lowest BCUT2D eigenvalue weighted by Crippen LogP contribution is -2.10. The fourth-order valence-electron chi connectivity index (χ4n) is 8.81. The summed E-state index contributed by atoms with van der Waals surface area (Å²) in [6, 6.07) is 61.1. The second-order valence-electron chi connectivity index (χ2n) is 15.7. The van der Waals surface area contributed by atoms with Crippen molar-refractivity contribution in [1.29, 1.82) is 0 Å². The SMILES string of the molecule is Cc1ccc(N(c2ccc(C)cc2)c2cc3oc4ccc5oc6cc(N(c7ccc(C)cc7)c7ccc(C)cc7)c7ccccc7c6c5c4c3c3ccccc23)cc1. The van der Waals surface area contributed by atoms with Gasteiger partial charge in [-0.3, -0.25) is 0 Å². The van der Waals surface area contributed by atoms with Crippen molar-refractivity contribution in [2.45, 2.75) is 27.7 Å². The maximum Gasteiger partial charge on any atom is 0.138 e. The van der Waals surface area contributed by atoms with Crippen molar-refractivity contribution in [3.63, 3.8) is 0 Å². The molecule has 0 atom stereocenters. The molecule has 0 spiro atoms. The van der Waals surface area contributed by atoms with Crippen LogP contribution in [-0.4, -0.2) is 0 Å². The molecule has 0 saturated carbocycles. The van der Waals surface area contributed by atoms with E-state index in [4.69, 9.17) is 8.83 Å². The first-order valence-corrected chi connectivity index (χ1v) is 19.9. The number of nitrogens with zero attached hydrogens (tertiary/aromatic N) is 2. The number of benzene rings is 9. The Labute approximate surface area is 336 Å². The molecule has 0 fully saturated rings. The normalized spacial score (nSPS) is 11.8. The first-order chi connectivity index (χ1) is 28.4. The Morgan fingerprint density at radius 1 is 0.293 bits per heavy atom. The largest absolute Gasteiger partial charge is 0.456 e. The number of anilines is 6. The predicted molar refractivity (Wildman–Crippen MR) is 244 cm³/mol. The van der Waals surface area contributed by atoms with Crippen molar-refractivity contribution >= 4 is 99.5 Å². The number of hydrogen-bond acceptors (Lipinski definition) is 4. The van der Waals surface area contributed by atoms with Gasteiger partial charge in [0.2, 0.25) is 0 Å². The van der Waals surface area contributed by atoms with Crippen LogP contribution in [-0.2, 0) is 0 Å². The van der Waals surface area contributed by atoms with Crippen LogP contribution in [0.2, 0.25) is 0 Å². The fourth-order valence-corrected chi connectivity index (χ4v) is 8.81. The molecule has 0 radical (unpaired) electrons. The summed E-state index contributed by atoms with van der Waals surface area (Å²) < 4.78 is 13.8. The number of furan rings is 2. The van der Waals surface area contributed by atoms with E-state index >= 15 is 0 Å². The molecule has 0 bridgehead atoms. The van der Waals surface area contributed by atoms with E-state index in [0.717, 1.165) is 99.5 Å². The van der Waals surface area contributed by atoms with Gasteiger partial charge >= 0.3 is 0 Å². The van der Waals surface area contributed by atoms with Crippen LogP contribution in [0.5, 0.6) is 0 Å². The Morgan fingerprint density at radius 2 is 0.586 bits per heavy atom. The van der Waals surface area contributed by atoms with E-state index in [-0.39, 0.29) is 0 Å². The third kappa shape index (κ3) is 5.37. The Bertz CT molecular complexity index is 3040. The van der Waals surface area contributed by atoms with Crippen molar-refractivity contribution in [2.75, 3.05) is 9.80 Å². The highest BCUT2D eigenvalue weighted by atomic mass is 16.3. The van der Waals surface area contributed by atoms with Crippen LogP contribution in [0.15, 0.2) is 179 Å². The van der Waals surface area contributed by atoms with E-state index in [1.165, 1.54) is 22.3 Å². The van der Waals surface area contributed by atoms with Gasteiger partial charge in [-0.05, 0) is 99.1 Å². The summed E-state index contributed by atoms with van der Waals surface area (Å²) in [6.45, 7) is 8.52. The third-order valence-electron chi connectivity index (χ3n) is 11.7. The zero-order valence-electron chi connectivity index (χ0n) is 32.9. The molecule has 278 valence electrons. The summed E-state index contributed by atoms with van der Waals surface area (Å²) in [7, 11) is 0. The summed E-state index contributed by atoms with van der Waals surface area (Å²) >= 11 is 0. The van der Waals surface area contributed by atoms with Gasteiger partial charge in [-0.2, -0.15) is 0 Å². The Kier molecular flexibility index (Phi) is 7.70. The molecular formula is C54H40N2O2. The van der Waals surface area contributed by atoms with Crippen LogP contribution >= 0.6 is 0 Å². The minimum atomic E-state index is 0.832. The van der Waals surface area contributed by atoms with Gasteiger partial charge in [0.25, 0.3) is 0 Å². The Hall–Kier alpha value is -7.30. The molecule has 0 aliphatic carbocycles. The van der Waals surface area contributed by atoms with Crippen molar-refractivity contribution in [2.24, 2.45) is 0 Å². The number of hydrogen-bond donors (Lipinski definition) is 0. The highest BCUT2D eigenvalue weighted by molar-refractivity contribution is 6.35. The maximum absolute atomic E-state index is 6.92. The van der Waals surface area contributed by atoms with Gasteiger partial charge in [-0.1, -0.05) is 119 Å². The van der Waals surface area contributed by atoms with Gasteiger partial charge in [0.1, 0.15) is 22.3 Å². The maximum atomic E-state index is 6.92. The molecule has 4 nitrogen and oxygen atoms in total. The lowest BCUT2D eigenvalue weighted by Gasteiger charge is -2.27. The summed E-state index contributed by atoms with van der Waals surface area (Å²) in [4.78, 5) is 4.69. The zero-order valence-corrected chi connectivity index (χ0v) is 32.9. The van der Waals surface area contributed by atoms with E-state index in [9.17, 15) is 0 Å². The van der Waals surface area contributed by atoms with Crippen molar-refractivity contribution in [3.8, 4) is 0 Å². The quantitative estimate of drug-likeness (QED) is 0.170. The molecule has 11 rings (SSSR count). The predicted octanol–water partition coefficient (Wildman–Crippen LogP) is 16.0. The third-order valence-corrected chi connectivity index (χ3v) is 11.7. The molecular weight excluding hydrogens is 709 g/mol. The van der Waals surface area contributed by atoms with Crippen molar-refractivity contribution in [1.82, 2.24) is 0 Å². The van der Waals surface area contributed by atoms with Crippen LogP contribution in [0.3, 0.4) is 0 Å². The molecule has 2 aromatic heterocycles. The van der Waals surface area contributed by atoms with Crippen LogP contribution in [0.25, 0.3) is 65.4 Å².